The van der Waals surface area contributed by atoms with Gasteiger partial charge in [0.15, 0.2) is 0 Å². The van der Waals surface area contributed by atoms with E-state index in [2.05, 4.69) is 4.98 Å². The number of nitrogens with zero attached hydrogens (tertiary/aromatic N) is 3. The van der Waals surface area contributed by atoms with Gasteiger partial charge in [-0.15, -0.1) is 0 Å². The SMILES string of the molecule is CC(N)C(n1c(CC#N)nc2ccccc21)C(F)(F)F. The molecule has 0 aliphatic rings. The predicted molar refractivity (Wildman–Crippen MR) is 67.8 cm³/mol. The summed E-state index contributed by atoms with van der Waals surface area (Å²) >= 11 is 0. The summed E-state index contributed by atoms with van der Waals surface area (Å²) in [5.41, 5.74) is 6.27. The van der Waals surface area contributed by atoms with E-state index in [1.54, 1.807) is 24.3 Å². The lowest BCUT2D eigenvalue weighted by Crippen LogP contribution is -2.40. The third kappa shape index (κ3) is 2.47. The molecule has 2 rings (SSSR count). The monoisotopic (exact) mass is 282 g/mol. The Bertz CT molecular complexity index is 652. The van der Waals surface area contributed by atoms with Crippen molar-refractivity contribution in [3.05, 3.63) is 30.1 Å². The van der Waals surface area contributed by atoms with E-state index in [0.717, 1.165) is 4.57 Å². The third-order valence-electron chi connectivity index (χ3n) is 3.02. The summed E-state index contributed by atoms with van der Waals surface area (Å²) in [6.45, 7) is 1.29. The molecule has 2 N–H and O–H groups in total. The van der Waals surface area contributed by atoms with Crippen LogP contribution < -0.4 is 5.73 Å². The molecule has 106 valence electrons. The number of fused-ring (bicyclic) bond motifs is 1. The second kappa shape index (κ2) is 5.13. The Morgan fingerprint density at radius 3 is 2.60 bits per heavy atom. The number of nitriles is 1. The van der Waals surface area contributed by atoms with E-state index in [-0.39, 0.29) is 12.2 Å². The fourth-order valence-electron chi connectivity index (χ4n) is 2.28. The zero-order valence-corrected chi connectivity index (χ0v) is 10.7. The summed E-state index contributed by atoms with van der Waals surface area (Å²) < 4.78 is 40.8. The lowest BCUT2D eigenvalue weighted by Gasteiger charge is -2.27. The molecule has 1 aromatic carbocycles. The number of rotatable bonds is 3. The van der Waals surface area contributed by atoms with E-state index in [0.29, 0.717) is 11.0 Å². The van der Waals surface area contributed by atoms with Crippen molar-refractivity contribution in [1.29, 1.82) is 5.26 Å². The molecule has 0 fully saturated rings. The van der Waals surface area contributed by atoms with Crippen LogP contribution in [0.4, 0.5) is 13.2 Å². The minimum Gasteiger partial charge on any atom is -0.326 e. The molecule has 2 atom stereocenters. The van der Waals surface area contributed by atoms with E-state index in [1.807, 2.05) is 6.07 Å². The van der Waals surface area contributed by atoms with Gasteiger partial charge in [0.1, 0.15) is 11.9 Å². The van der Waals surface area contributed by atoms with E-state index in [4.69, 9.17) is 11.0 Å². The van der Waals surface area contributed by atoms with Crippen LogP contribution in [0.15, 0.2) is 24.3 Å². The van der Waals surface area contributed by atoms with E-state index in [9.17, 15) is 13.2 Å². The van der Waals surface area contributed by atoms with Gasteiger partial charge in [-0.2, -0.15) is 18.4 Å². The van der Waals surface area contributed by atoms with Crippen LogP contribution in [0.3, 0.4) is 0 Å². The molecule has 0 saturated carbocycles. The smallest absolute Gasteiger partial charge is 0.326 e. The number of halogens is 3. The molecule has 1 aromatic heterocycles. The molecule has 2 aromatic rings. The number of hydrogen-bond donors (Lipinski definition) is 1. The molecule has 0 bridgehead atoms. The molecule has 2 unspecified atom stereocenters. The molecular weight excluding hydrogens is 269 g/mol. The van der Waals surface area contributed by atoms with Crippen LogP contribution in [0, 0.1) is 11.3 Å². The zero-order chi connectivity index (χ0) is 14.9. The van der Waals surface area contributed by atoms with Gasteiger partial charge in [0.05, 0.1) is 23.5 Å². The van der Waals surface area contributed by atoms with Gasteiger partial charge in [-0.05, 0) is 19.1 Å². The van der Waals surface area contributed by atoms with Gasteiger partial charge in [-0.25, -0.2) is 4.98 Å². The number of aromatic nitrogens is 2. The largest absolute Gasteiger partial charge is 0.410 e. The molecule has 1 heterocycles. The summed E-state index contributed by atoms with van der Waals surface area (Å²) in [5.74, 6) is 0.0772. The highest BCUT2D eigenvalue weighted by atomic mass is 19.4. The van der Waals surface area contributed by atoms with Crippen molar-refractivity contribution in [3.63, 3.8) is 0 Å². The lowest BCUT2D eigenvalue weighted by atomic mass is 10.1. The highest BCUT2D eigenvalue weighted by molar-refractivity contribution is 5.76. The Morgan fingerprint density at radius 1 is 1.40 bits per heavy atom. The number of alkyl halides is 3. The van der Waals surface area contributed by atoms with Crippen LogP contribution in [-0.4, -0.2) is 21.8 Å². The van der Waals surface area contributed by atoms with Gasteiger partial charge in [0.2, 0.25) is 0 Å². The average Bonchev–Trinajstić information content (AvgIpc) is 2.67. The Morgan fingerprint density at radius 2 is 2.05 bits per heavy atom. The van der Waals surface area contributed by atoms with Crippen molar-refractivity contribution in [2.45, 2.75) is 31.6 Å². The first kappa shape index (κ1) is 14.3. The van der Waals surface area contributed by atoms with Crippen LogP contribution in [0.2, 0.25) is 0 Å². The molecule has 0 aliphatic heterocycles. The van der Waals surface area contributed by atoms with Crippen LogP contribution in [0.1, 0.15) is 18.8 Å². The van der Waals surface area contributed by atoms with Crippen LogP contribution in [-0.2, 0) is 6.42 Å². The summed E-state index contributed by atoms with van der Waals surface area (Å²) in [6.07, 6.45) is -4.71. The Balaban J connectivity index is 2.72. The van der Waals surface area contributed by atoms with Gasteiger partial charge in [-0.3, -0.25) is 0 Å². The number of imidazole rings is 1. The van der Waals surface area contributed by atoms with Crippen molar-refractivity contribution >= 4 is 11.0 Å². The summed E-state index contributed by atoms with van der Waals surface area (Å²) in [6, 6.07) is 5.26. The minimum atomic E-state index is -4.51. The topological polar surface area (TPSA) is 67.6 Å². The number of para-hydroxylation sites is 2. The van der Waals surface area contributed by atoms with Gasteiger partial charge < -0.3 is 10.3 Å². The van der Waals surface area contributed by atoms with E-state index in [1.165, 1.54) is 6.92 Å². The maximum absolute atomic E-state index is 13.3. The first-order valence-electron chi connectivity index (χ1n) is 6.01. The van der Waals surface area contributed by atoms with Gasteiger partial charge >= 0.3 is 6.18 Å². The number of hydrogen-bond acceptors (Lipinski definition) is 3. The van der Waals surface area contributed by atoms with Crippen LogP contribution in [0.25, 0.3) is 11.0 Å². The fraction of sp³-hybridized carbons (Fsp3) is 0.385. The molecule has 4 nitrogen and oxygen atoms in total. The lowest BCUT2D eigenvalue weighted by molar-refractivity contribution is -0.171. The summed E-state index contributed by atoms with van der Waals surface area (Å²) in [4.78, 5) is 4.10. The highest BCUT2D eigenvalue weighted by Crippen LogP contribution is 2.36. The first-order valence-corrected chi connectivity index (χ1v) is 6.01. The van der Waals surface area contributed by atoms with E-state index >= 15 is 0 Å². The molecule has 0 saturated heterocycles. The van der Waals surface area contributed by atoms with Crippen molar-refractivity contribution in [2.75, 3.05) is 0 Å². The van der Waals surface area contributed by atoms with Crippen molar-refractivity contribution in [2.24, 2.45) is 5.73 Å². The Labute approximate surface area is 113 Å². The maximum atomic E-state index is 13.3. The van der Waals surface area contributed by atoms with Crippen molar-refractivity contribution in [1.82, 2.24) is 9.55 Å². The molecule has 0 amide bonds. The fourth-order valence-corrected chi connectivity index (χ4v) is 2.28. The zero-order valence-electron chi connectivity index (χ0n) is 10.7. The van der Waals surface area contributed by atoms with Crippen molar-refractivity contribution in [3.8, 4) is 6.07 Å². The molecule has 20 heavy (non-hydrogen) atoms. The quantitative estimate of drug-likeness (QED) is 0.940. The predicted octanol–water partition coefficient (Wildman–Crippen LogP) is 2.55. The second-order valence-corrected chi connectivity index (χ2v) is 4.57. The molecule has 0 spiro atoms. The average molecular weight is 282 g/mol. The first-order chi connectivity index (χ1) is 9.36. The summed E-state index contributed by atoms with van der Waals surface area (Å²) in [7, 11) is 0. The number of benzene rings is 1. The molecule has 7 heteroatoms. The Hall–Kier alpha value is -2.07. The normalized spacial score (nSPS) is 15.0. The summed E-state index contributed by atoms with van der Waals surface area (Å²) in [5, 5.41) is 8.78. The number of nitrogens with two attached hydrogens (primary N) is 1. The van der Waals surface area contributed by atoms with Crippen LogP contribution in [0.5, 0.6) is 0 Å². The van der Waals surface area contributed by atoms with Crippen molar-refractivity contribution < 1.29 is 13.2 Å². The minimum absolute atomic E-state index is 0.0772. The van der Waals surface area contributed by atoms with Gasteiger partial charge in [0.25, 0.3) is 0 Å². The van der Waals surface area contributed by atoms with Crippen LogP contribution >= 0.6 is 0 Å². The van der Waals surface area contributed by atoms with Gasteiger partial charge in [0, 0.05) is 6.04 Å². The Kier molecular flexibility index (Phi) is 3.68. The highest BCUT2D eigenvalue weighted by Gasteiger charge is 2.45. The molecular formula is C13H13F3N4. The molecule has 0 radical (unpaired) electrons. The second-order valence-electron chi connectivity index (χ2n) is 4.57. The molecule has 0 aliphatic carbocycles. The third-order valence-corrected chi connectivity index (χ3v) is 3.02. The standard InChI is InChI=1S/C13H13F3N4/c1-8(18)12(13(14,15)16)20-10-5-3-2-4-9(10)19-11(20)6-7-17/h2-5,8,12H,6,18H2,1H3. The maximum Gasteiger partial charge on any atom is 0.410 e. The van der Waals surface area contributed by atoms with E-state index < -0.39 is 18.3 Å². The van der Waals surface area contributed by atoms with Gasteiger partial charge in [-0.1, -0.05) is 12.1 Å².